The van der Waals surface area contributed by atoms with E-state index >= 15 is 0 Å². The third kappa shape index (κ3) is 1.52. The summed E-state index contributed by atoms with van der Waals surface area (Å²) in [7, 11) is 1.85. The molecule has 0 atom stereocenters. The summed E-state index contributed by atoms with van der Waals surface area (Å²) >= 11 is 0. The molecule has 0 aliphatic rings. The lowest BCUT2D eigenvalue weighted by Crippen LogP contribution is -1.98. The fourth-order valence-electron chi connectivity index (χ4n) is 1.67. The van der Waals surface area contributed by atoms with Crippen LogP contribution in [0.1, 0.15) is 11.1 Å². The van der Waals surface area contributed by atoms with Gasteiger partial charge in [0.15, 0.2) is 0 Å². The second-order valence-electron chi connectivity index (χ2n) is 3.71. The van der Waals surface area contributed by atoms with Gasteiger partial charge in [0.1, 0.15) is 0 Å². The number of anilines is 1. The van der Waals surface area contributed by atoms with E-state index in [4.69, 9.17) is 11.0 Å². The van der Waals surface area contributed by atoms with Gasteiger partial charge in [0.05, 0.1) is 17.3 Å². The molecule has 0 fully saturated rings. The monoisotopic (exact) mass is 212 g/mol. The molecule has 2 N–H and O–H groups in total. The van der Waals surface area contributed by atoms with Crippen LogP contribution in [0.2, 0.25) is 0 Å². The van der Waals surface area contributed by atoms with Crippen molar-refractivity contribution in [3.05, 3.63) is 35.5 Å². The van der Waals surface area contributed by atoms with E-state index in [0.717, 1.165) is 16.8 Å². The van der Waals surface area contributed by atoms with Crippen LogP contribution in [0.15, 0.2) is 24.4 Å². The number of aromatic nitrogens is 2. The molecular weight excluding hydrogens is 200 g/mol. The molecule has 1 heterocycles. The fraction of sp³-hybridized carbons (Fsp3) is 0.167. The average molecular weight is 212 g/mol. The van der Waals surface area contributed by atoms with Gasteiger partial charge in [0, 0.05) is 24.5 Å². The molecule has 0 unspecified atom stereocenters. The third-order valence-electron chi connectivity index (χ3n) is 2.62. The summed E-state index contributed by atoms with van der Waals surface area (Å²) in [6, 6.07) is 7.67. The van der Waals surface area contributed by atoms with Crippen molar-refractivity contribution >= 4 is 5.69 Å². The van der Waals surface area contributed by atoms with Gasteiger partial charge in [-0.2, -0.15) is 10.4 Å². The molecule has 0 bridgehead atoms. The first-order valence-electron chi connectivity index (χ1n) is 4.92. The number of benzene rings is 1. The highest BCUT2D eigenvalue weighted by Gasteiger charge is 2.10. The Morgan fingerprint density at radius 2 is 2.19 bits per heavy atom. The van der Waals surface area contributed by atoms with Gasteiger partial charge in [0.2, 0.25) is 0 Å². The van der Waals surface area contributed by atoms with Crippen LogP contribution in [0, 0.1) is 18.3 Å². The Balaban J connectivity index is 2.71. The van der Waals surface area contributed by atoms with Crippen molar-refractivity contribution < 1.29 is 0 Å². The van der Waals surface area contributed by atoms with Gasteiger partial charge < -0.3 is 5.73 Å². The van der Waals surface area contributed by atoms with Crippen LogP contribution < -0.4 is 5.73 Å². The van der Waals surface area contributed by atoms with E-state index in [0.29, 0.717) is 11.3 Å². The quantitative estimate of drug-likeness (QED) is 0.733. The summed E-state index contributed by atoms with van der Waals surface area (Å²) in [5.41, 5.74) is 9.75. The molecule has 0 aliphatic heterocycles. The lowest BCUT2D eigenvalue weighted by atomic mass is 10.0. The number of aryl methyl sites for hydroxylation is 2. The first-order valence-corrected chi connectivity index (χ1v) is 4.92. The zero-order valence-electron chi connectivity index (χ0n) is 9.23. The Hall–Kier alpha value is -2.28. The van der Waals surface area contributed by atoms with Gasteiger partial charge in [-0.15, -0.1) is 0 Å². The molecule has 4 nitrogen and oxygen atoms in total. The van der Waals surface area contributed by atoms with Gasteiger partial charge in [-0.1, -0.05) is 0 Å². The second-order valence-corrected chi connectivity index (χ2v) is 3.71. The van der Waals surface area contributed by atoms with Crippen LogP contribution in [0.25, 0.3) is 11.3 Å². The van der Waals surface area contributed by atoms with Crippen molar-refractivity contribution in [1.82, 2.24) is 9.78 Å². The summed E-state index contributed by atoms with van der Waals surface area (Å²) in [4.78, 5) is 0. The zero-order chi connectivity index (χ0) is 11.7. The van der Waals surface area contributed by atoms with E-state index in [1.807, 2.05) is 26.1 Å². The SMILES string of the molecule is Cc1cc(-c2ccnn2C)c(C#N)cc1N. The Bertz CT molecular complexity index is 575. The van der Waals surface area contributed by atoms with Crippen molar-refractivity contribution in [2.75, 3.05) is 5.73 Å². The Morgan fingerprint density at radius 3 is 2.75 bits per heavy atom. The summed E-state index contributed by atoms with van der Waals surface area (Å²) in [5, 5.41) is 13.2. The van der Waals surface area contributed by atoms with Crippen molar-refractivity contribution in [3.8, 4) is 17.3 Å². The molecule has 2 aromatic rings. The minimum atomic E-state index is 0.576. The van der Waals surface area contributed by atoms with Crippen molar-refractivity contribution in [1.29, 1.82) is 5.26 Å². The van der Waals surface area contributed by atoms with Gasteiger partial charge in [-0.05, 0) is 30.7 Å². The van der Waals surface area contributed by atoms with Crippen molar-refractivity contribution in [2.24, 2.45) is 7.05 Å². The van der Waals surface area contributed by atoms with Gasteiger partial charge in [-0.3, -0.25) is 4.68 Å². The first-order chi connectivity index (χ1) is 7.63. The zero-order valence-corrected chi connectivity index (χ0v) is 9.23. The number of hydrogen-bond acceptors (Lipinski definition) is 3. The van der Waals surface area contributed by atoms with Crippen molar-refractivity contribution in [3.63, 3.8) is 0 Å². The minimum Gasteiger partial charge on any atom is -0.398 e. The normalized spacial score (nSPS) is 10.1. The van der Waals surface area contributed by atoms with Gasteiger partial charge in [-0.25, -0.2) is 0 Å². The molecule has 1 aromatic heterocycles. The molecule has 0 spiro atoms. The van der Waals surface area contributed by atoms with Gasteiger partial charge >= 0.3 is 0 Å². The van der Waals surface area contributed by atoms with E-state index in [1.54, 1.807) is 16.9 Å². The highest BCUT2D eigenvalue weighted by atomic mass is 15.3. The van der Waals surface area contributed by atoms with E-state index in [-0.39, 0.29) is 0 Å². The third-order valence-corrected chi connectivity index (χ3v) is 2.62. The molecule has 2 rings (SSSR count). The number of rotatable bonds is 1. The molecule has 4 heteroatoms. The Kier molecular flexibility index (Phi) is 2.37. The average Bonchev–Trinajstić information content (AvgIpc) is 2.68. The minimum absolute atomic E-state index is 0.576. The van der Waals surface area contributed by atoms with E-state index in [2.05, 4.69) is 11.2 Å². The number of nitrogens with zero attached hydrogens (tertiary/aromatic N) is 3. The van der Waals surface area contributed by atoms with E-state index in [1.165, 1.54) is 0 Å². The van der Waals surface area contributed by atoms with Crippen LogP contribution in [-0.2, 0) is 7.05 Å². The molecule has 0 aliphatic carbocycles. The van der Waals surface area contributed by atoms with Crippen molar-refractivity contribution in [2.45, 2.75) is 6.92 Å². The maximum absolute atomic E-state index is 9.09. The smallest absolute Gasteiger partial charge is 0.0999 e. The van der Waals surface area contributed by atoms with E-state index < -0.39 is 0 Å². The predicted molar refractivity (Wildman–Crippen MR) is 62.5 cm³/mol. The summed E-state index contributed by atoms with van der Waals surface area (Å²) in [6.07, 6.45) is 1.71. The molecule has 0 saturated heterocycles. The standard InChI is InChI=1S/C12H12N4/c1-8-5-10(9(7-13)6-11(8)14)12-3-4-15-16(12)2/h3-6H,14H2,1-2H3. The molecule has 0 radical (unpaired) electrons. The largest absolute Gasteiger partial charge is 0.398 e. The van der Waals surface area contributed by atoms with Crippen LogP contribution in [0.4, 0.5) is 5.69 Å². The molecule has 80 valence electrons. The van der Waals surface area contributed by atoms with Crippen LogP contribution in [0.5, 0.6) is 0 Å². The predicted octanol–water partition coefficient (Wildman–Crippen LogP) is 1.85. The first kappa shape index (κ1) is 10.2. The Morgan fingerprint density at radius 1 is 1.44 bits per heavy atom. The fourth-order valence-corrected chi connectivity index (χ4v) is 1.67. The lowest BCUT2D eigenvalue weighted by molar-refractivity contribution is 0.775. The Labute approximate surface area is 93.9 Å². The molecule has 1 aromatic carbocycles. The summed E-state index contributed by atoms with van der Waals surface area (Å²) in [6.45, 7) is 1.93. The summed E-state index contributed by atoms with van der Waals surface area (Å²) in [5.74, 6) is 0. The maximum atomic E-state index is 9.09. The number of nitrogen functional groups attached to an aromatic ring is 1. The summed E-state index contributed by atoms with van der Waals surface area (Å²) < 4.78 is 1.74. The topological polar surface area (TPSA) is 67.6 Å². The molecular formula is C12H12N4. The number of nitriles is 1. The molecule has 0 amide bonds. The van der Waals surface area contributed by atoms with E-state index in [9.17, 15) is 0 Å². The maximum Gasteiger partial charge on any atom is 0.0999 e. The van der Waals surface area contributed by atoms with Crippen LogP contribution in [0.3, 0.4) is 0 Å². The van der Waals surface area contributed by atoms with Gasteiger partial charge in [0.25, 0.3) is 0 Å². The number of nitrogens with two attached hydrogens (primary N) is 1. The second kappa shape index (κ2) is 3.70. The highest BCUT2D eigenvalue weighted by molar-refractivity contribution is 5.72. The number of hydrogen-bond donors (Lipinski definition) is 1. The van der Waals surface area contributed by atoms with Crippen LogP contribution >= 0.6 is 0 Å². The van der Waals surface area contributed by atoms with Crippen LogP contribution in [-0.4, -0.2) is 9.78 Å². The highest BCUT2D eigenvalue weighted by Crippen LogP contribution is 2.27. The molecule has 0 saturated carbocycles. The molecule has 16 heavy (non-hydrogen) atoms. The lowest BCUT2D eigenvalue weighted by Gasteiger charge is -2.08.